The SMILES string of the molecule is Cc1cc2cc3c(nc2cc1C)OCCN(CCc1ccccc1)C3. The summed E-state index contributed by atoms with van der Waals surface area (Å²) in [5, 5.41) is 1.20. The summed E-state index contributed by atoms with van der Waals surface area (Å²) in [6.07, 6.45) is 1.06. The van der Waals surface area contributed by atoms with E-state index < -0.39 is 0 Å². The van der Waals surface area contributed by atoms with Crippen LogP contribution in [0.25, 0.3) is 10.9 Å². The quantitative estimate of drug-likeness (QED) is 0.715. The molecule has 4 rings (SSSR count). The van der Waals surface area contributed by atoms with Crippen molar-refractivity contribution in [3.8, 4) is 5.88 Å². The maximum Gasteiger partial charge on any atom is 0.218 e. The minimum absolute atomic E-state index is 0.700. The van der Waals surface area contributed by atoms with Gasteiger partial charge in [-0.25, -0.2) is 4.98 Å². The molecule has 1 aromatic heterocycles. The molecule has 0 unspecified atom stereocenters. The van der Waals surface area contributed by atoms with Gasteiger partial charge in [-0.15, -0.1) is 0 Å². The molecule has 0 aliphatic carbocycles. The highest BCUT2D eigenvalue weighted by Crippen LogP contribution is 2.27. The van der Waals surface area contributed by atoms with Crippen molar-refractivity contribution in [2.45, 2.75) is 26.8 Å². The zero-order valence-electron chi connectivity index (χ0n) is 15.0. The molecule has 3 heteroatoms. The van der Waals surface area contributed by atoms with Crippen LogP contribution in [0, 0.1) is 13.8 Å². The van der Waals surface area contributed by atoms with Crippen molar-refractivity contribution in [2.24, 2.45) is 0 Å². The summed E-state index contributed by atoms with van der Waals surface area (Å²) in [6.45, 7) is 7.87. The number of ether oxygens (including phenoxy) is 1. The first-order chi connectivity index (χ1) is 12.2. The van der Waals surface area contributed by atoms with Crippen LogP contribution in [0.3, 0.4) is 0 Å². The van der Waals surface area contributed by atoms with Crippen LogP contribution in [-0.2, 0) is 13.0 Å². The van der Waals surface area contributed by atoms with Crippen molar-refractivity contribution in [3.05, 3.63) is 70.8 Å². The number of rotatable bonds is 3. The number of hydrogen-bond donors (Lipinski definition) is 0. The molecule has 0 atom stereocenters. The highest BCUT2D eigenvalue weighted by molar-refractivity contribution is 5.82. The van der Waals surface area contributed by atoms with Gasteiger partial charge in [0.25, 0.3) is 0 Å². The number of pyridine rings is 1. The maximum absolute atomic E-state index is 5.96. The van der Waals surface area contributed by atoms with E-state index in [-0.39, 0.29) is 0 Å². The highest BCUT2D eigenvalue weighted by Gasteiger charge is 2.17. The summed E-state index contributed by atoms with van der Waals surface area (Å²) < 4.78 is 5.96. The molecule has 1 aliphatic rings. The molecule has 0 N–H and O–H groups in total. The molecule has 0 radical (unpaired) electrons. The predicted octanol–water partition coefficient (Wildman–Crippen LogP) is 4.29. The number of benzene rings is 2. The summed E-state index contributed by atoms with van der Waals surface area (Å²) in [4.78, 5) is 7.25. The summed E-state index contributed by atoms with van der Waals surface area (Å²) in [7, 11) is 0. The first-order valence-corrected chi connectivity index (χ1v) is 8.99. The van der Waals surface area contributed by atoms with Gasteiger partial charge in [0.05, 0.1) is 5.52 Å². The molecule has 3 nitrogen and oxygen atoms in total. The van der Waals surface area contributed by atoms with Gasteiger partial charge < -0.3 is 4.74 Å². The van der Waals surface area contributed by atoms with Gasteiger partial charge in [-0.1, -0.05) is 30.3 Å². The maximum atomic E-state index is 5.96. The average Bonchev–Trinajstić information content (AvgIpc) is 2.81. The molecule has 0 fully saturated rings. The van der Waals surface area contributed by atoms with Crippen LogP contribution in [-0.4, -0.2) is 29.6 Å². The van der Waals surface area contributed by atoms with Crippen LogP contribution in [0.15, 0.2) is 48.5 Å². The van der Waals surface area contributed by atoms with Crippen LogP contribution in [0.2, 0.25) is 0 Å². The molecular weight excluding hydrogens is 308 g/mol. The van der Waals surface area contributed by atoms with E-state index in [1.54, 1.807) is 0 Å². The van der Waals surface area contributed by atoms with Gasteiger partial charge >= 0.3 is 0 Å². The van der Waals surface area contributed by atoms with Gasteiger partial charge in [0.2, 0.25) is 5.88 Å². The van der Waals surface area contributed by atoms with E-state index in [4.69, 9.17) is 9.72 Å². The molecule has 0 saturated heterocycles. The second-order valence-corrected chi connectivity index (χ2v) is 6.94. The summed E-state index contributed by atoms with van der Waals surface area (Å²) in [5.74, 6) is 0.804. The second kappa shape index (κ2) is 6.85. The lowest BCUT2D eigenvalue weighted by Crippen LogP contribution is -2.27. The standard InChI is InChI=1S/C22H24N2O/c1-16-12-19-14-20-15-24(9-8-18-6-4-3-5-7-18)10-11-25-22(20)23-21(19)13-17(16)2/h3-7,12-14H,8-11,15H2,1-2H3. The smallest absolute Gasteiger partial charge is 0.218 e. The van der Waals surface area contributed by atoms with Gasteiger partial charge in [-0.3, -0.25) is 4.90 Å². The van der Waals surface area contributed by atoms with E-state index in [1.807, 2.05) is 0 Å². The van der Waals surface area contributed by atoms with Crippen molar-refractivity contribution in [2.75, 3.05) is 19.7 Å². The normalized spacial score (nSPS) is 14.8. The Hall–Kier alpha value is -2.39. The van der Waals surface area contributed by atoms with Crippen molar-refractivity contribution in [1.29, 1.82) is 0 Å². The Morgan fingerprint density at radius 1 is 1.04 bits per heavy atom. The minimum Gasteiger partial charge on any atom is -0.476 e. The molecule has 3 aromatic rings. The fraction of sp³-hybridized carbons (Fsp3) is 0.318. The Kier molecular flexibility index (Phi) is 4.41. The fourth-order valence-corrected chi connectivity index (χ4v) is 3.42. The average molecular weight is 332 g/mol. The summed E-state index contributed by atoms with van der Waals surface area (Å²) in [5.41, 5.74) is 6.19. The second-order valence-electron chi connectivity index (χ2n) is 6.94. The van der Waals surface area contributed by atoms with Gasteiger partial charge in [-0.2, -0.15) is 0 Å². The number of nitrogens with zero attached hydrogens (tertiary/aromatic N) is 2. The molecule has 128 valence electrons. The molecule has 0 bridgehead atoms. The Bertz CT molecular complexity index is 889. The lowest BCUT2D eigenvalue weighted by molar-refractivity contribution is 0.225. The molecule has 2 aromatic carbocycles. The number of aromatic nitrogens is 1. The minimum atomic E-state index is 0.700. The third-order valence-electron chi connectivity index (χ3n) is 5.07. The van der Waals surface area contributed by atoms with Gasteiger partial charge in [-0.05, 0) is 55.2 Å². The van der Waals surface area contributed by atoms with Crippen molar-refractivity contribution in [1.82, 2.24) is 9.88 Å². The molecule has 0 amide bonds. The highest BCUT2D eigenvalue weighted by atomic mass is 16.5. The van der Waals surface area contributed by atoms with Crippen LogP contribution < -0.4 is 4.74 Å². The monoisotopic (exact) mass is 332 g/mol. The largest absolute Gasteiger partial charge is 0.476 e. The lowest BCUT2D eigenvalue weighted by atomic mass is 10.0. The van der Waals surface area contributed by atoms with Crippen LogP contribution in [0.4, 0.5) is 0 Å². The predicted molar refractivity (Wildman–Crippen MR) is 102 cm³/mol. The fourth-order valence-electron chi connectivity index (χ4n) is 3.42. The molecule has 1 aliphatic heterocycles. The topological polar surface area (TPSA) is 25.4 Å². The third-order valence-corrected chi connectivity index (χ3v) is 5.07. The molecule has 0 spiro atoms. The number of fused-ring (bicyclic) bond motifs is 2. The van der Waals surface area contributed by atoms with Crippen LogP contribution in [0.1, 0.15) is 22.3 Å². The Labute approximate surface area is 149 Å². The Morgan fingerprint density at radius 3 is 2.68 bits per heavy atom. The Morgan fingerprint density at radius 2 is 1.84 bits per heavy atom. The van der Waals surface area contributed by atoms with Crippen molar-refractivity contribution in [3.63, 3.8) is 0 Å². The summed E-state index contributed by atoms with van der Waals surface area (Å²) in [6, 6.07) is 17.3. The zero-order valence-corrected chi connectivity index (χ0v) is 15.0. The van der Waals surface area contributed by atoms with Gasteiger partial charge in [0.15, 0.2) is 0 Å². The van der Waals surface area contributed by atoms with E-state index in [2.05, 4.69) is 67.3 Å². The number of aryl methyl sites for hydroxylation is 2. The molecular formula is C22H24N2O. The van der Waals surface area contributed by atoms with E-state index in [1.165, 1.54) is 27.6 Å². The Balaban J connectivity index is 1.57. The summed E-state index contributed by atoms with van der Waals surface area (Å²) >= 11 is 0. The zero-order chi connectivity index (χ0) is 17.2. The first-order valence-electron chi connectivity index (χ1n) is 8.99. The van der Waals surface area contributed by atoms with E-state index >= 15 is 0 Å². The van der Waals surface area contributed by atoms with Crippen molar-refractivity contribution < 1.29 is 4.74 Å². The van der Waals surface area contributed by atoms with Crippen molar-refractivity contribution >= 4 is 10.9 Å². The van der Waals surface area contributed by atoms with Crippen LogP contribution >= 0.6 is 0 Å². The molecule has 2 heterocycles. The van der Waals surface area contributed by atoms with Gasteiger partial charge in [0, 0.05) is 30.6 Å². The number of hydrogen-bond acceptors (Lipinski definition) is 3. The van der Waals surface area contributed by atoms with E-state index in [0.29, 0.717) is 6.61 Å². The van der Waals surface area contributed by atoms with E-state index in [0.717, 1.165) is 37.5 Å². The third kappa shape index (κ3) is 3.52. The first kappa shape index (κ1) is 16.1. The van der Waals surface area contributed by atoms with Crippen LogP contribution in [0.5, 0.6) is 5.88 Å². The van der Waals surface area contributed by atoms with E-state index in [9.17, 15) is 0 Å². The molecule has 25 heavy (non-hydrogen) atoms. The van der Waals surface area contributed by atoms with Gasteiger partial charge in [0.1, 0.15) is 6.61 Å². The lowest BCUT2D eigenvalue weighted by Gasteiger charge is -2.19. The molecule has 0 saturated carbocycles.